The van der Waals surface area contributed by atoms with Gasteiger partial charge in [-0.3, -0.25) is 4.79 Å². The van der Waals surface area contributed by atoms with Gasteiger partial charge in [0.05, 0.1) is 0 Å². The summed E-state index contributed by atoms with van der Waals surface area (Å²) >= 11 is 5.79. The van der Waals surface area contributed by atoms with Crippen molar-refractivity contribution in [2.75, 3.05) is 12.4 Å². The molecule has 4 nitrogen and oxygen atoms in total. The Balaban J connectivity index is 1.92. The van der Waals surface area contributed by atoms with Gasteiger partial charge in [-0.05, 0) is 37.1 Å². The van der Waals surface area contributed by atoms with E-state index in [-0.39, 0.29) is 12.1 Å². The molecule has 102 valence electrons. The third-order valence-electron chi connectivity index (χ3n) is 3.48. The smallest absolute Gasteiger partial charge is 0.321 e. The second-order valence-electron chi connectivity index (χ2n) is 4.82. The highest BCUT2D eigenvalue weighted by atomic mass is 35.5. The number of ketones is 1. The Morgan fingerprint density at radius 2 is 1.84 bits per heavy atom. The number of hydrogen-bond donors (Lipinski definition) is 1. The first-order chi connectivity index (χ1) is 9.06. The van der Waals surface area contributed by atoms with E-state index in [9.17, 15) is 9.59 Å². The average Bonchev–Trinajstić information content (AvgIpc) is 2.41. The molecule has 1 fully saturated rings. The average molecular weight is 281 g/mol. The van der Waals surface area contributed by atoms with Crippen LogP contribution < -0.4 is 5.32 Å². The molecule has 1 aliphatic rings. The summed E-state index contributed by atoms with van der Waals surface area (Å²) in [7, 11) is 1.77. The largest absolute Gasteiger partial charge is 0.325 e. The third kappa shape index (κ3) is 3.70. The molecule has 1 saturated carbocycles. The number of benzene rings is 1. The molecule has 2 amide bonds. The van der Waals surface area contributed by atoms with Crippen LogP contribution in [0.5, 0.6) is 0 Å². The van der Waals surface area contributed by atoms with E-state index in [1.54, 1.807) is 36.2 Å². The lowest BCUT2D eigenvalue weighted by atomic mass is 9.93. The quantitative estimate of drug-likeness (QED) is 0.903. The topological polar surface area (TPSA) is 49.4 Å². The third-order valence-corrected chi connectivity index (χ3v) is 3.73. The number of halogens is 1. The molecule has 1 aromatic carbocycles. The second-order valence-corrected chi connectivity index (χ2v) is 5.25. The molecule has 0 radical (unpaired) electrons. The lowest BCUT2D eigenvalue weighted by Crippen LogP contribution is -2.41. The fraction of sp³-hybridized carbons (Fsp3) is 0.429. The van der Waals surface area contributed by atoms with Crippen LogP contribution in [-0.4, -0.2) is 29.8 Å². The predicted molar refractivity (Wildman–Crippen MR) is 75.5 cm³/mol. The molecule has 19 heavy (non-hydrogen) atoms. The first kappa shape index (κ1) is 13.9. The maximum Gasteiger partial charge on any atom is 0.321 e. The van der Waals surface area contributed by atoms with Gasteiger partial charge in [0.2, 0.25) is 0 Å². The number of carbonyl (C=O) groups is 2. The zero-order valence-electron chi connectivity index (χ0n) is 10.9. The summed E-state index contributed by atoms with van der Waals surface area (Å²) in [6.45, 7) is 0. The summed E-state index contributed by atoms with van der Waals surface area (Å²) in [5, 5.41) is 3.46. The molecular formula is C14H17ClN2O2. The summed E-state index contributed by atoms with van der Waals surface area (Å²) in [4.78, 5) is 24.9. The van der Waals surface area contributed by atoms with Gasteiger partial charge in [-0.2, -0.15) is 0 Å². The Kier molecular flexibility index (Phi) is 4.43. The summed E-state index contributed by atoms with van der Waals surface area (Å²) < 4.78 is 0. The number of anilines is 1. The maximum absolute atomic E-state index is 12.1. The van der Waals surface area contributed by atoms with Gasteiger partial charge in [-0.25, -0.2) is 4.79 Å². The van der Waals surface area contributed by atoms with Crippen LogP contribution in [-0.2, 0) is 4.79 Å². The van der Waals surface area contributed by atoms with Crippen molar-refractivity contribution in [3.63, 3.8) is 0 Å². The van der Waals surface area contributed by atoms with Crippen molar-refractivity contribution in [3.8, 4) is 0 Å². The molecule has 1 aromatic rings. The maximum atomic E-state index is 12.1. The number of urea groups is 1. The number of Topliss-reactive ketones (excluding diaryl/α,β-unsaturated/α-hetero) is 1. The zero-order chi connectivity index (χ0) is 13.8. The van der Waals surface area contributed by atoms with E-state index >= 15 is 0 Å². The van der Waals surface area contributed by atoms with E-state index in [0.29, 0.717) is 29.3 Å². The zero-order valence-corrected chi connectivity index (χ0v) is 11.6. The SMILES string of the molecule is CN(C(=O)Nc1ccc(Cl)cc1)C1CCC(=O)CC1. The Labute approximate surface area is 117 Å². The van der Waals surface area contributed by atoms with Gasteiger partial charge in [0.1, 0.15) is 5.78 Å². The molecule has 1 aliphatic carbocycles. The fourth-order valence-corrected chi connectivity index (χ4v) is 2.35. The summed E-state index contributed by atoms with van der Waals surface area (Å²) in [6, 6.07) is 6.98. The van der Waals surface area contributed by atoms with Gasteiger partial charge < -0.3 is 10.2 Å². The van der Waals surface area contributed by atoms with Gasteiger partial charge in [0.25, 0.3) is 0 Å². The first-order valence-corrected chi connectivity index (χ1v) is 6.75. The van der Waals surface area contributed by atoms with Gasteiger partial charge in [-0.15, -0.1) is 0 Å². The molecule has 0 aromatic heterocycles. The van der Waals surface area contributed by atoms with E-state index in [4.69, 9.17) is 11.6 Å². The molecule has 1 N–H and O–H groups in total. The lowest BCUT2D eigenvalue weighted by Gasteiger charge is -2.30. The van der Waals surface area contributed by atoms with Crippen LogP contribution in [0.4, 0.5) is 10.5 Å². The minimum absolute atomic E-state index is 0.144. The van der Waals surface area contributed by atoms with E-state index < -0.39 is 0 Å². The van der Waals surface area contributed by atoms with Crippen LogP contribution in [0.1, 0.15) is 25.7 Å². The summed E-state index contributed by atoms with van der Waals surface area (Å²) in [5.74, 6) is 0.294. The van der Waals surface area contributed by atoms with Gasteiger partial charge in [0.15, 0.2) is 0 Å². The fourth-order valence-electron chi connectivity index (χ4n) is 2.22. The molecule has 0 bridgehead atoms. The standard InChI is InChI=1S/C14H17ClN2O2/c1-17(12-6-8-13(18)9-7-12)14(19)16-11-4-2-10(15)3-5-11/h2-5,12H,6-9H2,1H3,(H,16,19). The number of nitrogens with zero attached hydrogens (tertiary/aromatic N) is 1. The molecule has 0 spiro atoms. The molecule has 0 atom stereocenters. The van der Waals surface area contributed by atoms with Crippen molar-refractivity contribution in [1.82, 2.24) is 4.90 Å². The number of amides is 2. The molecule has 0 heterocycles. The summed E-state index contributed by atoms with van der Waals surface area (Å²) in [5.41, 5.74) is 0.716. The molecule has 0 saturated heterocycles. The Hall–Kier alpha value is -1.55. The number of nitrogens with one attached hydrogen (secondary N) is 1. The van der Waals surface area contributed by atoms with Crippen LogP contribution >= 0.6 is 11.6 Å². The minimum Gasteiger partial charge on any atom is -0.325 e. The molecule has 0 aliphatic heterocycles. The number of carbonyl (C=O) groups excluding carboxylic acids is 2. The second kappa shape index (κ2) is 6.06. The van der Waals surface area contributed by atoms with Crippen LogP contribution in [0.25, 0.3) is 0 Å². The normalized spacial score (nSPS) is 16.2. The highest BCUT2D eigenvalue weighted by molar-refractivity contribution is 6.30. The van der Waals surface area contributed by atoms with Gasteiger partial charge >= 0.3 is 6.03 Å². The van der Waals surface area contributed by atoms with E-state index in [2.05, 4.69) is 5.32 Å². The van der Waals surface area contributed by atoms with Gasteiger partial charge in [-0.1, -0.05) is 11.6 Å². The van der Waals surface area contributed by atoms with Crippen molar-refractivity contribution in [1.29, 1.82) is 0 Å². The van der Waals surface area contributed by atoms with E-state index in [1.165, 1.54) is 0 Å². The lowest BCUT2D eigenvalue weighted by molar-refractivity contribution is -0.121. The Morgan fingerprint density at radius 3 is 2.42 bits per heavy atom. The monoisotopic (exact) mass is 280 g/mol. The van der Waals surface area contributed by atoms with E-state index in [1.807, 2.05) is 0 Å². The number of hydrogen-bond acceptors (Lipinski definition) is 2. The van der Waals surface area contributed by atoms with Crippen molar-refractivity contribution in [2.45, 2.75) is 31.7 Å². The van der Waals surface area contributed by atoms with E-state index in [0.717, 1.165) is 12.8 Å². The molecule has 2 rings (SSSR count). The minimum atomic E-state index is -0.151. The van der Waals surface area contributed by atoms with Gasteiger partial charge in [0, 0.05) is 36.6 Å². The van der Waals surface area contributed by atoms with Crippen LogP contribution in [0, 0.1) is 0 Å². The first-order valence-electron chi connectivity index (χ1n) is 6.37. The Bertz CT molecular complexity index is 463. The Morgan fingerprint density at radius 1 is 1.26 bits per heavy atom. The van der Waals surface area contributed by atoms with Crippen LogP contribution in [0.15, 0.2) is 24.3 Å². The van der Waals surface area contributed by atoms with Crippen molar-refractivity contribution in [3.05, 3.63) is 29.3 Å². The van der Waals surface area contributed by atoms with Crippen LogP contribution in [0.3, 0.4) is 0 Å². The summed E-state index contributed by atoms with van der Waals surface area (Å²) in [6.07, 6.45) is 2.65. The highest BCUT2D eigenvalue weighted by Crippen LogP contribution is 2.20. The number of rotatable bonds is 2. The molecule has 5 heteroatoms. The van der Waals surface area contributed by atoms with Crippen LogP contribution in [0.2, 0.25) is 5.02 Å². The molecular weight excluding hydrogens is 264 g/mol. The predicted octanol–water partition coefficient (Wildman–Crippen LogP) is 3.32. The van der Waals surface area contributed by atoms with Crippen molar-refractivity contribution >= 4 is 29.1 Å². The van der Waals surface area contributed by atoms with Crippen molar-refractivity contribution < 1.29 is 9.59 Å². The van der Waals surface area contributed by atoms with Crippen molar-refractivity contribution in [2.24, 2.45) is 0 Å². The molecule has 0 unspecified atom stereocenters. The highest BCUT2D eigenvalue weighted by Gasteiger charge is 2.25.